The predicted octanol–water partition coefficient (Wildman–Crippen LogP) is 0.871. The van der Waals surface area contributed by atoms with E-state index in [9.17, 15) is 4.39 Å². The predicted molar refractivity (Wildman–Crippen MR) is 30.1 cm³/mol. The summed E-state index contributed by atoms with van der Waals surface area (Å²) in [6.07, 6.45) is -0.451. The van der Waals surface area contributed by atoms with E-state index in [0.29, 0.717) is 0 Å². The van der Waals surface area contributed by atoms with Crippen molar-refractivity contribution < 1.29 is 4.39 Å². The zero-order valence-electron chi connectivity index (χ0n) is 4.03. The second-order valence-electron chi connectivity index (χ2n) is 1.80. The number of nitrogens with one attached hydrogen (secondary N) is 1. The summed E-state index contributed by atoms with van der Waals surface area (Å²) in [6.45, 7) is -0.167. The van der Waals surface area contributed by atoms with Gasteiger partial charge in [-0.05, 0) is 13.6 Å². The summed E-state index contributed by atoms with van der Waals surface area (Å²) in [5.41, 5.74) is 0. The van der Waals surface area contributed by atoms with Crippen molar-refractivity contribution in [3.63, 3.8) is 0 Å². The van der Waals surface area contributed by atoms with Crippen molar-refractivity contribution in [1.82, 2.24) is 0 Å². The molecule has 1 nitrogen and oxygen atoms in total. The van der Waals surface area contributed by atoms with Crippen LogP contribution in [0.3, 0.4) is 0 Å². The van der Waals surface area contributed by atoms with E-state index >= 15 is 0 Å². The molecule has 0 radical (unpaired) electrons. The van der Waals surface area contributed by atoms with Crippen LogP contribution < -0.4 is 0 Å². The molecule has 0 bridgehead atoms. The maximum Gasteiger partial charge on any atom is 0.159 e. The number of halogens is 1. The Morgan fingerprint density at radius 2 is 2.17 bits per heavy atom. The minimum Gasteiger partial charge on any atom is -0.326 e. The molecule has 0 aliphatic rings. The molecular weight excluding hydrogens is 98.8 g/mol. The topological polar surface area (TPSA) is 23.9 Å². The van der Waals surface area contributed by atoms with Crippen LogP contribution >= 0.6 is 6.93 Å². The van der Waals surface area contributed by atoms with Gasteiger partial charge in [0.25, 0.3) is 0 Å². The lowest BCUT2D eigenvalue weighted by Crippen LogP contribution is -1.74. The summed E-state index contributed by atoms with van der Waals surface area (Å²) < 4.78 is 11.4. The van der Waals surface area contributed by atoms with Gasteiger partial charge in [-0.1, -0.05) is 0 Å². The maximum atomic E-state index is 11.4. The van der Waals surface area contributed by atoms with Crippen LogP contribution in [0.15, 0.2) is 0 Å². The zero-order valence-corrected chi connectivity index (χ0v) is 4.93. The van der Waals surface area contributed by atoms with E-state index in [-0.39, 0.29) is 0 Å². The number of alkyl halides is 1. The van der Waals surface area contributed by atoms with Crippen LogP contribution in [0.1, 0.15) is 0 Å². The molecule has 0 aliphatic heterocycles. The second kappa shape index (κ2) is 1.79. The second-order valence-corrected chi connectivity index (χ2v) is 5.41. The standard InChI is InChI=1S/C2H8BFNP/c1-6(3,5)2-4/h5H,2-3H2,1H3. The van der Waals surface area contributed by atoms with Crippen molar-refractivity contribution in [1.29, 1.82) is 5.16 Å². The molecule has 0 aromatic heterocycles. The van der Waals surface area contributed by atoms with Gasteiger partial charge in [-0.2, -0.15) is 0 Å². The molecule has 6 heavy (non-hydrogen) atoms. The molecule has 0 rings (SSSR count). The van der Waals surface area contributed by atoms with Gasteiger partial charge in [0, 0.05) is 0 Å². The molecule has 0 saturated heterocycles. The molecule has 0 aromatic rings. The Labute approximate surface area is 38.2 Å². The maximum absolute atomic E-state index is 11.4. The largest absolute Gasteiger partial charge is 0.326 e. The van der Waals surface area contributed by atoms with Crippen LogP contribution in [-0.4, -0.2) is 20.6 Å². The normalized spacial score (nSPS) is 19.7. The average molecular weight is 107 g/mol. The summed E-state index contributed by atoms with van der Waals surface area (Å²) in [4.78, 5) is 0. The Kier molecular flexibility index (Phi) is 1.85. The Bertz CT molecular complexity index is 77.6. The first-order valence-electron chi connectivity index (χ1n) is 1.70. The third-order valence-corrected chi connectivity index (χ3v) is 0.896. The highest BCUT2D eigenvalue weighted by Crippen LogP contribution is 2.34. The van der Waals surface area contributed by atoms with Crippen LogP contribution in [-0.2, 0) is 0 Å². The summed E-state index contributed by atoms with van der Waals surface area (Å²) in [5.74, 6) is 0. The first-order valence-corrected chi connectivity index (χ1v) is 4.57. The number of rotatable bonds is 1. The molecule has 1 atom stereocenters. The van der Waals surface area contributed by atoms with E-state index in [4.69, 9.17) is 5.16 Å². The third-order valence-electron chi connectivity index (χ3n) is 0.299. The van der Waals surface area contributed by atoms with Gasteiger partial charge in [-0.3, -0.25) is 0 Å². The van der Waals surface area contributed by atoms with Crippen molar-refractivity contribution in [2.45, 2.75) is 0 Å². The molecule has 0 aromatic carbocycles. The highest BCUT2D eigenvalue weighted by molar-refractivity contribution is 7.87. The van der Waals surface area contributed by atoms with Crippen LogP contribution in [0.5, 0.6) is 0 Å². The molecule has 1 unspecified atom stereocenters. The Balaban J connectivity index is 3.48. The van der Waals surface area contributed by atoms with Crippen molar-refractivity contribution in [3.8, 4) is 0 Å². The van der Waals surface area contributed by atoms with Gasteiger partial charge in [0.05, 0.1) is 0 Å². The van der Waals surface area contributed by atoms with E-state index in [1.54, 1.807) is 14.2 Å². The first-order chi connectivity index (χ1) is 2.56. The molecule has 0 heterocycles. The quantitative estimate of drug-likeness (QED) is 0.379. The molecule has 0 fully saturated rings. The Hall–Kier alpha value is 0.225. The minimum atomic E-state index is -1.81. The lowest BCUT2D eigenvalue weighted by molar-refractivity contribution is 0.599. The van der Waals surface area contributed by atoms with Gasteiger partial charge in [0.2, 0.25) is 0 Å². The van der Waals surface area contributed by atoms with Crippen molar-refractivity contribution in [3.05, 3.63) is 0 Å². The molecule has 36 valence electrons. The van der Waals surface area contributed by atoms with Crippen LogP contribution in [0, 0.1) is 5.16 Å². The number of hydrogen-bond acceptors (Lipinski definition) is 1. The van der Waals surface area contributed by atoms with E-state index in [0.717, 1.165) is 0 Å². The van der Waals surface area contributed by atoms with Crippen LogP contribution in [0.4, 0.5) is 4.39 Å². The molecular formula is C2H8BFNP. The fraction of sp³-hybridized carbons (Fsp3) is 1.00. The van der Waals surface area contributed by atoms with E-state index in [2.05, 4.69) is 0 Å². The van der Waals surface area contributed by atoms with Gasteiger partial charge in [-0.15, -0.1) is 0 Å². The molecule has 4 heteroatoms. The highest BCUT2D eigenvalue weighted by atomic mass is 31.2. The first kappa shape index (κ1) is 6.22. The van der Waals surface area contributed by atoms with Gasteiger partial charge in [0.15, 0.2) is 7.57 Å². The van der Waals surface area contributed by atoms with Crippen LogP contribution in [0.25, 0.3) is 0 Å². The Morgan fingerprint density at radius 1 is 2.00 bits per heavy atom. The van der Waals surface area contributed by atoms with Crippen LogP contribution in [0.2, 0.25) is 0 Å². The highest BCUT2D eigenvalue weighted by Gasteiger charge is 1.96. The van der Waals surface area contributed by atoms with Gasteiger partial charge < -0.3 is 5.16 Å². The smallest absolute Gasteiger partial charge is 0.159 e. The van der Waals surface area contributed by atoms with Gasteiger partial charge in [-0.25, -0.2) is 4.39 Å². The summed E-state index contributed by atoms with van der Waals surface area (Å²) in [7, 11) is 1.65. The molecule has 0 amide bonds. The summed E-state index contributed by atoms with van der Waals surface area (Å²) in [5, 5.41) is 6.92. The van der Waals surface area contributed by atoms with Crippen molar-refractivity contribution in [2.75, 3.05) is 13.1 Å². The van der Waals surface area contributed by atoms with E-state index < -0.39 is 13.3 Å². The van der Waals surface area contributed by atoms with Crippen molar-refractivity contribution in [2.24, 2.45) is 0 Å². The van der Waals surface area contributed by atoms with Crippen molar-refractivity contribution >= 4 is 14.5 Å². The lowest BCUT2D eigenvalue weighted by atomic mass is 10.8. The van der Waals surface area contributed by atoms with Gasteiger partial charge >= 0.3 is 0 Å². The van der Waals surface area contributed by atoms with E-state index in [1.807, 2.05) is 0 Å². The fourth-order valence-electron chi connectivity index (χ4n) is 0. The minimum absolute atomic E-state index is 0.451. The molecule has 0 saturated carbocycles. The molecule has 0 spiro atoms. The summed E-state index contributed by atoms with van der Waals surface area (Å²) in [6, 6.07) is 0. The lowest BCUT2D eigenvalue weighted by Gasteiger charge is -1.98. The van der Waals surface area contributed by atoms with E-state index in [1.165, 1.54) is 0 Å². The molecule has 0 aliphatic carbocycles. The SMILES string of the molecule is BP(C)(=N)CF. The average Bonchev–Trinajstić information content (AvgIpc) is 1.35. The number of hydrogen-bond donors (Lipinski definition) is 1. The Morgan fingerprint density at radius 3 is 2.17 bits per heavy atom. The summed E-state index contributed by atoms with van der Waals surface area (Å²) >= 11 is 0. The van der Waals surface area contributed by atoms with Gasteiger partial charge in [0.1, 0.15) is 6.42 Å². The fourth-order valence-corrected chi connectivity index (χ4v) is 0. The monoisotopic (exact) mass is 107 g/mol. The third kappa shape index (κ3) is 4.22. The zero-order chi connectivity index (χ0) is 5.21. The molecule has 1 N–H and O–H groups in total.